The largest absolute Gasteiger partial charge is 0.482 e. The van der Waals surface area contributed by atoms with E-state index in [-0.39, 0.29) is 23.3 Å². The Kier molecular flexibility index (Phi) is 8.26. The molecular formula is C21H22N2O6S3. The number of benzene rings is 1. The summed E-state index contributed by atoms with van der Waals surface area (Å²) < 4.78 is 36.8. The normalized spacial score (nSPS) is 11.0. The average Bonchev–Trinajstić information content (AvgIpc) is 3.51. The van der Waals surface area contributed by atoms with Crippen molar-refractivity contribution in [1.29, 1.82) is 0 Å². The molecule has 0 fully saturated rings. The predicted molar refractivity (Wildman–Crippen MR) is 124 cm³/mol. The molecule has 1 aromatic carbocycles. The van der Waals surface area contributed by atoms with Crippen LogP contribution in [0.5, 0.6) is 5.75 Å². The molecule has 3 rings (SSSR count). The Morgan fingerprint density at radius 2 is 1.72 bits per heavy atom. The molecule has 3 aromatic rings. The van der Waals surface area contributed by atoms with Gasteiger partial charge in [0.05, 0.1) is 5.69 Å². The lowest BCUT2D eigenvalue weighted by Gasteiger charge is -2.18. The third-order valence-electron chi connectivity index (χ3n) is 4.30. The quantitative estimate of drug-likeness (QED) is 0.411. The molecule has 0 saturated carbocycles. The lowest BCUT2D eigenvalue weighted by atomic mass is 10.3. The number of sulfonamides is 1. The molecule has 0 aliphatic heterocycles. The second kappa shape index (κ2) is 11.1. The first-order valence-corrected chi connectivity index (χ1v) is 12.8. The third-order valence-corrected chi connectivity index (χ3v) is 8.40. The Hall–Kier alpha value is -2.89. The monoisotopic (exact) mass is 494 g/mol. The molecule has 0 unspecified atom stereocenters. The van der Waals surface area contributed by atoms with E-state index in [1.807, 2.05) is 17.5 Å². The molecule has 2 aromatic heterocycles. The van der Waals surface area contributed by atoms with Gasteiger partial charge < -0.3 is 14.8 Å². The van der Waals surface area contributed by atoms with E-state index in [4.69, 9.17) is 9.47 Å². The summed E-state index contributed by atoms with van der Waals surface area (Å²) in [5, 5.41) is 6.36. The fourth-order valence-corrected chi connectivity index (χ4v) is 5.66. The second-order valence-corrected chi connectivity index (χ2v) is 10.7. The van der Waals surface area contributed by atoms with Crippen molar-refractivity contribution < 1.29 is 27.5 Å². The number of rotatable bonds is 11. The van der Waals surface area contributed by atoms with Gasteiger partial charge >= 0.3 is 5.97 Å². The lowest BCUT2D eigenvalue weighted by Crippen LogP contribution is -2.31. The number of ether oxygens (including phenoxy) is 2. The van der Waals surface area contributed by atoms with E-state index < -0.39 is 16.0 Å². The molecule has 1 N–H and O–H groups in total. The van der Waals surface area contributed by atoms with Crippen LogP contribution in [0.15, 0.2) is 63.5 Å². The van der Waals surface area contributed by atoms with Gasteiger partial charge in [-0.05, 0) is 53.6 Å². The first-order valence-electron chi connectivity index (χ1n) is 9.56. The fourth-order valence-electron chi connectivity index (χ4n) is 2.60. The Morgan fingerprint density at radius 1 is 1.00 bits per heavy atom. The van der Waals surface area contributed by atoms with Gasteiger partial charge in [0.15, 0.2) is 13.2 Å². The van der Waals surface area contributed by atoms with Gasteiger partial charge in [-0.2, -0.15) is 0 Å². The Balaban J connectivity index is 1.40. The highest BCUT2D eigenvalue weighted by Crippen LogP contribution is 2.26. The van der Waals surface area contributed by atoms with Gasteiger partial charge in [-0.25, -0.2) is 13.2 Å². The summed E-state index contributed by atoms with van der Waals surface area (Å²) in [5.74, 6) is -0.692. The van der Waals surface area contributed by atoms with Crippen LogP contribution in [0.3, 0.4) is 0 Å². The first-order chi connectivity index (χ1) is 15.4. The molecule has 0 spiro atoms. The number of carbonyl (C=O) groups is 2. The SMILES string of the molecule is CN(c1ccc(OCC(=O)OCC(=O)NCCc2cccs2)cc1)S(=O)(=O)c1cccs1. The van der Waals surface area contributed by atoms with Crippen molar-refractivity contribution >= 4 is 50.3 Å². The van der Waals surface area contributed by atoms with Crippen LogP contribution in [-0.4, -0.2) is 47.1 Å². The summed E-state index contributed by atoms with van der Waals surface area (Å²) in [7, 11) is -2.16. The summed E-state index contributed by atoms with van der Waals surface area (Å²) >= 11 is 2.76. The summed E-state index contributed by atoms with van der Waals surface area (Å²) in [6, 6.07) is 13.4. The number of esters is 1. The minimum Gasteiger partial charge on any atom is -0.482 e. The molecule has 2 heterocycles. The van der Waals surface area contributed by atoms with Crippen LogP contribution in [0.1, 0.15) is 4.88 Å². The van der Waals surface area contributed by atoms with Gasteiger partial charge in [0.1, 0.15) is 9.96 Å². The lowest BCUT2D eigenvalue weighted by molar-refractivity contribution is -0.150. The van der Waals surface area contributed by atoms with E-state index in [0.717, 1.165) is 22.6 Å². The smallest absolute Gasteiger partial charge is 0.344 e. The molecule has 0 aliphatic rings. The summed E-state index contributed by atoms with van der Waals surface area (Å²) in [6.07, 6.45) is 0.722. The molecule has 0 saturated heterocycles. The molecule has 170 valence electrons. The summed E-state index contributed by atoms with van der Waals surface area (Å²) in [5.41, 5.74) is 0.451. The number of anilines is 1. The number of hydrogen-bond acceptors (Lipinski definition) is 8. The third kappa shape index (κ3) is 6.55. The van der Waals surface area contributed by atoms with Crippen molar-refractivity contribution in [2.75, 3.05) is 31.1 Å². The van der Waals surface area contributed by atoms with Gasteiger partial charge in [0, 0.05) is 18.5 Å². The number of thiophene rings is 2. The Labute approximate surface area is 194 Å². The summed E-state index contributed by atoms with van der Waals surface area (Å²) in [4.78, 5) is 24.7. The molecule has 0 aliphatic carbocycles. The predicted octanol–water partition coefficient (Wildman–Crippen LogP) is 2.92. The fraction of sp³-hybridized carbons (Fsp3) is 0.238. The molecule has 0 radical (unpaired) electrons. The molecule has 8 nitrogen and oxygen atoms in total. The van der Waals surface area contributed by atoms with Gasteiger partial charge in [0.25, 0.3) is 15.9 Å². The highest BCUT2D eigenvalue weighted by Gasteiger charge is 2.22. The first kappa shape index (κ1) is 23.8. The van der Waals surface area contributed by atoms with Crippen LogP contribution >= 0.6 is 22.7 Å². The van der Waals surface area contributed by atoms with E-state index in [1.54, 1.807) is 53.1 Å². The number of hydrogen-bond donors (Lipinski definition) is 1. The van der Waals surface area contributed by atoms with Gasteiger partial charge in [-0.15, -0.1) is 22.7 Å². The van der Waals surface area contributed by atoms with Crippen molar-refractivity contribution in [3.05, 3.63) is 64.2 Å². The highest BCUT2D eigenvalue weighted by atomic mass is 32.2. The van der Waals surface area contributed by atoms with Crippen LogP contribution in [0.25, 0.3) is 0 Å². The van der Waals surface area contributed by atoms with Crippen LogP contribution in [0.4, 0.5) is 5.69 Å². The van der Waals surface area contributed by atoms with E-state index in [0.29, 0.717) is 18.0 Å². The molecule has 11 heteroatoms. The number of carbonyl (C=O) groups excluding carboxylic acids is 2. The zero-order valence-corrected chi connectivity index (χ0v) is 19.7. The molecular weight excluding hydrogens is 472 g/mol. The topological polar surface area (TPSA) is 102 Å². The molecule has 0 atom stereocenters. The average molecular weight is 495 g/mol. The standard InChI is InChI=1S/C21H22N2O6S3/c1-23(32(26,27)21-5-3-13-31-21)16-6-8-17(9-7-16)28-15-20(25)29-14-19(24)22-11-10-18-4-2-12-30-18/h2-9,12-13H,10-11,14-15H2,1H3,(H,22,24). The number of nitrogens with zero attached hydrogens (tertiary/aromatic N) is 1. The Morgan fingerprint density at radius 3 is 2.38 bits per heavy atom. The molecule has 32 heavy (non-hydrogen) atoms. The zero-order chi connectivity index (χ0) is 23.0. The minimum absolute atomic E-state index is 0.249. The maximum absolute atomic E-state index is 12.6. The van der Waals surface area contributed by atoms with Crippen LogP contribution in [-0.2, 0) is 30.8 Å². The van der Waals surface area contributed by atoms with E-state index in [2.05, 4.69) is 5.32 Å². The van der Waals surface area contributed by atoms with Crippen molar-refractivity contribution in [2.24, 2.45) is 0 Å². The van der Waals surface area contributed by atoms with Crippen molar-refractivity contribution in [1.82, 2.24) is 5.32 Å². The van der Waals surface area contributed by atoms with Gasteiger partial charge in [0.2, 0.25) is 0 Å². The van der Waals surface area contributed by atoms with Gasteiger partial charge in [-0.1, -0.05) is 12.1 Å². The van der Waals surface area contributed by atoms with Crippen LogP contribution < -0.4 is 14.4 Å². The summed E-state index contributed by atoms with van der Waals surface area (Å²) in [6.45, 7) is -0.279. The Bertz CT molecular complexity index is 1110. The maximum Gasteiger partial charge on any atom is 0.344 e. The van der Waals surface area contributed by atoms with E-state index in [9.17, 15) is 18.0 Å². The molecule has 1 amide bonds. The van der Waals surface area contributed by atoms with Crippen LogP contribution in [0.2, 0.25) is 0 Å². The van der Waals surface area contributed by atoms with Gasteiger partial charge in [-0.3, -0.25) is 9.10 Å². The minimum atomic E-state index is -3.62. The number of amides is 1. The highest BCUT2D eigenvalue weighted by molar-refractivity contribution is 7.94. The van der Waals surface area contributed by atoms with E-state index in [1.165, 1.54) is 11.4 Å². The van der Waals surface area contributed by atoms with E-state index >= 15 is 0 Å². The zero-order valence-electron chi connectivity index (χ0n) is 17.2. The second-order valence-electron chi connectivity index (χ2n) is 6.53. The van der Waals surface area contributed by atoms with Crippen LogP contribution in [0, 0.1) is 0 Å². The van der Waals surface area contributed by atoms with Crippen molar-refractivity contribution in [2.45, 2.75) is 10.6 Å². The maximum atomic E-state index is 12.6. The van der Waals surface area contributed by atoms with Crippen molar-refractivity contribution in [3.8, 4) is 5.75 Å². The number of nitrogens with one attached hydrogen (secondary N) is 1. The molecule has 0 bridgehead atoms. The van der Waals surface area contributed by atoms with Crippen molar-refractivity contribution in [3.63, 3.8) is 0 Å².